The minimum Gasteiger partial charge on any atom is -0.361 e. The summed E-state index contributed by atoms with van der Waals surface area (Å²) < 4.78 is 31.5. The Morgan fingerprint density at radius 1 is 1.30 bits per heavy atom. The summed E-state index contributed by atoms with van der Waals surface area (Å²) >= 11 is 0. The van der Waals surface area contributed by atoms with Crippen LogP contribution in [0.2, 0.25) is 0 Å². The first-order valence-corrected chi connectivity index (χ1v) is 7.70. The predicted octanol–water partition coefficient (Wildman–Crippen LogP) is 0.963. The molecule has 108 valence electrons. The Morgan fingerprint density at radius 2 is 2.00 bits per heavy atom. The van der Waals surface area contributed by atoms with Crippen LogP contribution in [0, 0.1) is 6.92 Å². The summed E-state index contributed by atoms with van der Waals surface area (Å²) in [6.07, 6.45) is 0.728. The SMILES string of the molecule is Cc1cc(CNS(=O)(=O)c2ccc(CCN)cc2)no1. The van der Waals surface area contributed by atoms with Crippen molar-refractivity contribution in [3.05, 3.63) is 47.3 Å². The van der Waals surface area contributed by atoms with E-state index in [2.05, 4.69) is 9.88 Å². The fraction of sp³-hybridized carbons (Fsp3) is 0.308. The van der Waals surface area contributed by atoms with E-state index in [-0.39, 0.29) is 11.4 Å². The van der Waals surface area contributed by atoms with E-state index in [1.165, 1.54) is 0 Å². The van der Waals surface area contributed by atoms with E-state index >= 15 is 0 Å². The highest BCUT2D eigenvalue weighted by Crippen LogP contribution is 2.11. The Bertz CT molecular complexity index is 662. The van der Waals surface area contributed by atoms with Crippen LogP contribution in [-0.2, 0) is 23.0 Å². The van der Waals surface area contributed by atoms with Crippen LogP contribution in [0.1, 0.15) is 17.0 Å². The lowest BCUT2D eigenvalue weighted by Gasteiger charge is -2.06. The van der Waals surface area contributed by atoms with Crippen molar-refractivity contribution in [1.82, 2.24) is 9.88 Å². The third-order valence-electron chi connectivity index (χ3n) is 2.79. The third-order valence-corrected chi connectivity index (χ3v) is 4.20. The van der Waals surface area contributed by atoms with Gasteiger partial charge in [0, 0.05) is 6.07 Å². The lowest BCUT2D eigenvalue weighted by atomic mass is 10.2. The van der Waals surface area contributed by atoms with Crippen LogP contribution in [0.5, 0.6) is 0 Å². The van der Waals surface area contributed by atoms with E-state index in [1.54, 1.807) is 37.3 Å². The minimum atomic E-state index is -3.54. The zero-order chi connectivity index (χ0) is 14.6. The van der Waals surface area contributed by atoms with Gasteiger partial charge in [-0.25, -0.2) is 13.1 Å². The molecular formula is C13H17N3O3S. The molecule has 0 bridgehead atoms. The van der Waals surface area contributed by atoms with Crippen LogP contribution < -0.4 is 10.5 Å². The summed E-state index contributed by atoms with van der Waals surface area (Å²) in [5, 5.41) is 3.74. The molecule has 0 fully saturated rings. The molecule has 2 rings (SSSR count). The van der Waals surface area contributed by atoms with E-state index in [4.69, 9.17) is 10.3 Å². The Labute approximate surface area is 118 Å². The molecule has 0 aliphatic carbocycles. The molecule has 0 aliphatic rings. The monoisotopic (exact) mass is 295 g/mol. The Morgan fingerprint density at radius 3 is 2.55 bits per heavy atom. The van der Waals surface area contributed by atoms with Crippen molar-refractivity contribution < 1.29 is 12.9 Å². The standard InChI is InChI=1S/C13H17N3O3S/c1-10-8-12(16-19-10)9-15-20(17,18)13-4-2-11(3-5-13)6-7-14/h2-5,8,15H,6-7,9,14H2,1H3. The summed E-state index contributed by atoms with van der Waals surface area (Å²) in [6.45, 7) is 2.39. The average Bonchev–Trinajstić information content (AvgIpc) is 2.84. The molecule has 0 amide bonds. The molecule has 1 aromatic carbocycles. The summed E-state index contributed by atoms with van der Waals surface area (Å²) in [5.41, 5.74) is 7.01. The van der Waals surface area contributed by atoms with Crippen molar-refractivity contribution >= 4 is 10.0 Å². The molecule has 0 unspecified atom stereocenters. The smallest absolute Gasteiger partial charge is 0.240 e. The third kappa shape index (κ3) is 3.66. The highest BCUT2D eigenvalue weighted by atomic mass is 32.2. The zero-order valence-corrected chi connectivity index (χ0v) is 12.0. The van der Waals surface area contributed by atoms with Gasteiger partial charge in [-0.15, -0.1) is 0 Å². The minimum absolute atomic E-state index is 0.101. The number of nitrogens with one attached hydrogen (secondary N) is 1. The molecule has 0 aliphatic heterocycles. The quantitative estimate of drug-likeness (QED) is 0.827. The Kier molecular flexibility index (Phi) is 4.53. The zero-order valence-electron chi connectivity index (χ0n) is 11.2. The summed E-state index contributed by atoms with van der Waals surface area (Å²) in [4.78, 5) is 0.221. The van der Waals surface area contributed by atoms with Gasteiger partial charge in [-0.1, -0.05) is 17.3 Å². The molecule has 1 aromatic heterocycles. The highest BCUT2D eigenvalue weighted by molar-refractivity contribution is 7.89. The molecule has 0 atom stereocenters. The molecule has 1 heterocycles. The number of sulfonamides is 1. The van der Waals surface area contributed by atoms with E-state index in [9.17, 15) is 8.42 Å². The molecule has 3 N–H and O–H groups in total. The number of rotatable bonds is 6. The first-order valence-electron chi connectivity index (χ1n) is 6.22. The molecule has 7 heteroatoms. The van der Waals surface area contributed by atoms with Gasteiger partial charge in [0.05, 0.1) is 17.1 Å². The number of nitrogens with zero attached hydrogens (tertiary/aromatic N) is 1. The fourth-order valence-corrected chi connectivity index (χ4v) is 2.75. The molecule has 20 heavy (non-hydrogen) atoms. The highest BCUT2D eigenvalue weighted by Gasteiger charge is 2.14. The van der Waals surface area contributed by atoms with E-state index < -0.39 is 10.0 Å². The van der Waals surface area contributed by atoms with Gasteiger partial charge in [-0.2, -0.15) is 0 Å². The maximum absolute atomic E-state index is 12.1. The molecule has 6 nitrogen and oxygen atoms in total. The van der Waals surface area contributed by atoms with Gasteiger partial charge < -0.3 is 10.3 Å². The summed E-state index contributed by atoms with van der Waals surface area (Å²) in [6, 6.07) is 8.36. The van der Waals surface area contributed by atoms with Crippen molar-refractivity contribution in [2.24, 2.45) is 5.73 Å². The van der Waals surface area contributed by atoms with Crippen LogP contribution in [0.25, 0.3) is 0 Å². The van der Waals surface area contributed by atoms with Gasteiger partial charge in [-0.05, 0) is 37.6 Å². The topological polar surface area (TPSA) is 98.2 Å². The number of aryl methyl sites for hydroxylation is 1. The second-order valence-corrected chi connectivity index (χ2v) is 6.20. The largest absolute Gasteiger partial charge is 0.361 e. The fourth-order valence-electron chi connectivity index (χ4n) is 1.76. The van der Waals surface area contributed by atoms with E-state index in [1.807, 2.05) is 0 Å². The molecular weight excluding hydrogens is 278 g/mol. The first kappa shape index (κ1) is 14.7. The van der Waals surface area contributed by atoms with Crippen molar-refractivity contribution in [3.8, 4) is 0 Å². The lowest BCUT2D eigenvalue weighted by Crippen LogP contribution is -2.23. The number of hydrogen-bond donors (Lipinski definition) is 2. The van der Waals surface area contributed by atoms with Crippen molar-refractivity contribution in [2.75, 3.05) is 6.54 Å². The Balaban J connectivity index is 2.05. The lowest BCUT2D eigenvalue weighted by molar-refractivity contribution is 0.390. The summed E-state index contributed by atoms with van der Waals surface area (Å²) in [7, 11) is -3.54. The van der Waals surface area contributed by atoms with Crippen LogP contribution in [0.3, 0.4) is 0 Å². The van der Waals surface area contributed by atoms with Gasteiger partial charge in [-0.3, -0.25) is 0 Å². The van der Waals surface area contributed by atoms with Crippen molar-refractivity contribution in [1.29, 1.82) is 0 Å². The van der Waals surface area contributed by atoms with Crippen LogP contribution in [0.4, 0.5) is 0 Å². The van der Waals surface area contributed by atoms with Crippen LogP contribution >= 0.6 is 0 Å². The maximum Gasteiger partial charge on any atom is 0.240 e. The molecule has 0 radical (unpaired) electrons. The predicted molar refractivity (Wildman–Crippen MR) is 74.5 cm³/mol. The number of nitrogens with two attached hydrogens (primary N) is 1. The average molecular weight is 295 g/mol. The van der Waals surface area contributed by atoms with E-state index in [0.717, 1.165) is 12.0 Å². The van der Waals surface area contributed by atoms with Gasteiger partial charge in [0.25, 0.3) is 0 Å². The molecule has 2 aromatic rings. The molecule has 0 spiro atoms. The Hall–Kier alpha value is -1.70. The van der Waals surface area contributed by atoms with Gasteiger partial charge in [0.15, 0.2) is 0 Å². The normalized spacial score (nSPS) is 11.7. The van der Waals surface area contributed by atoms with Crippen molar-refractivity contribution in [2.45, 2.75) is 24.8 Å². The van der Waals surface area contributed by atoms with Gasteiger partial charge in [0.2, 0.25) is 10.0 Å². The number of aromatic nitrogens is 1. The van der Waals surface area contributed by atoms with Crippen LogP contribution in [0.15, 0.2) is 39.8 Å². The summed E-state index contributed by atoms with van der Waals surface area (Å²) in [5.74, 6) is 0.644. The number of hydrogen-bond acceptors (Lipinski definition) is 5. The van der Waals surface area contributed by atoms with Gasteiger partial charge in [0.1, 0.15) is 5.76 Å². The maximum atomic E-state index is 12.1. The van der Waals surface area contributed by atoms with E-state index in [0.29, 0.717) is 18.0 Å². The van der Waals surface area contributed by atoms with Crippen LogP contribution in [-0.4, -0.2) is 20.1 Å². The second-order valence-electron chi connectivity index (χ2n) is 4.44. The van der Waals surface area contributed by atoms with Gasteiger partial charge >= 0.3 is 0 Å². The molecule has 0 saturated heterocycles. The number of benzene rings is 1. The first-order chi connectivity index (χ1) is 9.51. The molecule has 0 saturated carbocycles. The second kappa shape index (κ2) is 6.17. The van der Waals surface area contributed by atoms with Crippen molar-refractivity contribution in [3.63, 3.8) is 0 Å².